The van der Waals surface area contributed by atoms with Crippen LogP contribution in [-0.4, -0.2) is 85.8 Å². The molecule has 0 aromatic carbocycles. The number of halogens is 1. The number of rotatable bonds is 6. The van der Waals surface area contributed by atoms with Crippen LogP contribution in [0.4, 0.5) is 0 Å². The minimum absolute atomic E-state index is 0. The summed E-state index contributed by atoms with van der Waals surface area (Å²) in [7, 11) is 1.93. The molecule has 0 amide bonds. The van der Waals surface area contributed by atoms with Gasteiger partial charge in [-0.05, 0) is 56.9 Å². The summed E-state index contributed by atoms with van der Waals surface area (Å²) in [6, 6.07) is 0. The van der Waals surface area contributed by atoms with E-state index in [1.54, 1.807) is 0 Å². The fraction of sp³-hybridized carbons (Fsp3) is 0.950. The molecule has 3 saturated heterocycles. The van der Waals surface area contributed by atoms with E-state index in [9.17, 15) is 0 Å². The molecule has 0 saturated carbocycles. The highest BCUT2D eigenvalue weighted by Gasteiger charge is 2.34. The van der Waals surface area contributed by atoms with Gasteiger partial charge in [-0.2, -0.15) is 11.8 Å². The monoisotopic (exact) mass is 510 g/mol. The first kappa shape index (κ1) is 23.5. The summed E-state index contributed by atoms with van der Waals surface area (Å²) >= 11 is 2.10. The number of likely N-dealkylation sites (tertiary alicyclic amines) is 2. The summed E-state index contributed by atoms with van der Waals surface area (Å²) in [5.41, 5.74) is 0. The first-order valence-corrected chi connectivity index (χ1v) is 11.6. The van der Waals surface area contributed by atoms with Crippen molar-refractivity contribution in [2.45, 2.75) is 50.2 Å². The molecule has 0 radical (unpaired) electrons. The van der Waals surface area contributed by atoms with Gasteiger partial charge < -0.3 is 19.9 Å². The van der Waals surface area contributed by atoms with Crippen LogP contribution in [0, 0.1) is 5.92 Å². The third-order valence-electron chi connectivity index (χ3n) is 6.19. The maximum atomic E-state index is 5.60. The smallest absolute Gasteiger partial charge is 0.193 e. The summed E-state index contributed by atoms with van der Waals surface area (Å²) in [5, 5.41) is 3.72. The Labute approximate surface area is 187 Å². The van der Waals surface area contributed by atoms with Crippen LogP contribution < -0.4 is 5.32 Å². The van der Waals surface area contributed by atoms with Gasteiger partial charge in [-0.15, -0.1) is 24.0 Å². The minimum Gasteiger partial charge on any atom is -0.381 e. The normalized spacial score (nSPS) is 26.7. The molecular weight excluding hydrogens is 471 g/mol. The van der Waals surface area contributed by atoms with E-state index in [0.29, 0.717) is 4.75 Å². The van der Waals surface area contributed by atoms with Gasteiger partial charge in [0.05, 0.1) is 0 Å². The Balaban J connectivity index is 0.00000261. The molecule has 3 heterocycles. The lowest BCUT2D eigenvalue weighted by Crippen LogP contribution is -2.49. The van der Waals surface area contributed by atoms with Gasteiger partial charge in [-0.3, -0.25) is 4.99 Å². The van der Waals surface area contributed by atoms with Gasteiger partial charge in [0.25, 0.3) is 0 Å². The third kappa shape index (κ3) is 6.93. The van der Waals surface area contributed by atoms with Gasteiger partial charge in [0.1, 0.15) is 0 Å². The van der Waals surface area contributed by atoms with Gasteiger partial charge in [-0.25, -0.2) is 0 Å². The number of nitrogens with one attached hydrogen (secondary N) is 1. The molecule has 158 valence electrons. The number of aliphatic imine (C=N–C) groups is 1. The topological polar surface area (TPSA) is 40.1 Å². The second-order valence-electron chi connectivity index (χ2n) is 8.09. The Morgan fingerprint density at radius 2 is 1.93 bits per heavy atom. The van der Waals surface area contributed by atoms with E-state index in [0.717, 1.165) is 57.6 Å². The summed E-state index contributed by atoms with van der Waals surface area (Å²) < 4.78 is 5.92. The standard InChI is InChI=1S/C20H38N4OS.HI/c1-3-26-20(8-13-25-14-9-20)17-22-19(21-2)24-12-7-18(16-24)15-23-10-5-4-6-11-23;/h18H,3-17H2,1-2H3,(H,21,22);1H. The minimum atomic E-state index is 0. The SMILES string of the molecule is CCSC1(CNC(=NC)N2CCC(CN3CCCCC3)C2)CCOCC1.I. The first-order valence-electron chi connectivity index (χ1n) is 10.6. The number of thioether (sulfide) groups is 1. The fourth-order valence-corrected chi connectivity index (χ4v) is 5.92. The highest BCUT2D eigenvalue weighted by molar-refractivity contribution is 14.0. The van der Waals surface area contributed by atoms with E-state index in [-0.39, 0.29) is 24.0 Å². The Bertz CT molecular complexity index is 448. The van der Waals surface area contributed by atoms with Gasteiger partial charge in [0, 0.05) is 51.2 Å². The van der Waals surface area contributed by atoms with E-state index in [4.69, 9.17) is 4.74 Å². The van der Waals surface area contributed by atoms with E-state index < -0.39 is 0 Å². The lowest BCUT2D eigenvalue weighted by molar-refractivity contribution is 0.0780. The van der Waals surface area contributed by atoms with Crippen LogP contribution in [0.5, 0.6) is 0 Å². The molecule has 1 N–H and O–H groups in total. The summed E-state index contributed by atoms with van der Waals surface area (Å²) in [6.07, 6.45) is 7.80. The number of guanidine groups is 1. The van der Waals surface area contributed by atoms with Gasteiger partial charge >= 0.3 is 0 Å². The quantitative estimate of drug-likeness (QED) is 0.338. The highest BCUT2D eigenvalue weighted by atomic mass is 127. The predicted molar refractivity (Wildman–Crippen MR) is 128 cm³/mol. The molecule has 27 heavy (non-hydrogen) atoms. The molecule has 1 atom stereocenters. The molecule has 3 fully saturated rings. The second-order valence-corrected chi connectivity index (χ2v) is 9.82. The number of hydrogen-bond acceptors (Lipinski definition) is 4. The van der Waals surface area contributed by atoms with Crippen LogP contribution in [0.3, 0.4) is 0 Å². The van der Waals surface area contributed by atoms with Crippen LogP contribution in [-0.2, 0) is 4.74 Å². The van der Waals surface area contributed by atoms with Crippen molar-refractivity contribution in [2.75, 3.05) is 65.3 Å². The average molecular weight is 511 g/mol. The molecule has 3 rings (SSSR count). The average Bonchev–Trinajstić information content (AvgIpc) is 3.12. The van der Waals surface area contributed by atoms with Crippen LogP contribution in [0.1, 0.15) is 45.4 Å². The summed E-state index contributed by atoms with van der Waals surface area (Å²) in [4.78, 5) is 9.77. The Kier molecular flexibility index (Phi) is 10.5. The summed E-state index contributed by atoms with van der Waals surface area (Å²) in [6.45, 7) is 11.3. The van der Waals surface area contributed by atoms with Gasteiger partial charge in [-0.1, -0.05) is 13.3 Å². The lowest BCUT2D eigenvalue weighted by atomic mass is 9.99. The molecule has 0 aliphatic carbocycles. The van der Waals surface area contributed by atoms with Crippen molar-refractivity contribution in [3.8, 4) is 0 Å². The van der Waals surface area contributed by atoms with E-state index in [1.165, 1.54) is 51.1 Å². The fourth-order valence-electron chi connectivity index (χ4n) is 4.68. The molecule has 3 aliphatic heterocycles. The molecule has 0 bridgehead atoms. The number of nitrogens with zero attached hydrogens (tertiary/aromatic N) is 3. The number of hydrogen-bond donors (Lipinski definition) is 1. The zero-order chi connectivity index (χ0) is 18.2. The summed E-state index contributed by atoms with van der Waals surface area (Å²) in [5.74, 6) is 3.07. The van der Waals surface area contributed by atoms with Crippen molar-refractivity contribution in [1.29, 1.82) is 0 Å². The molecule has 5 nitrogen and oxygen atoms in total. The van der Waals surface area contributed by atoms with Crippen LogP contribution in [0.2, 0.25) is 0 Å². The molecule has 0 aromatic rings. The Hall–Kier alpha value is 0.270. The van der Waals surface area contributed by atoms with Crippen molar-refractivity contribution < 1.29 is 4.74 Å². The Morgan fingerprint density at radius 1 is 1.19 bits per heavy atom. The van der Waals surface area contributed by atoms with Gasteiger partial charge in [0.15, 0.2) is 5.96 Å². The molecule has 0 spiro atoms. The van der Waals surface area contributed by atoms with Crippen molar-refractivity contribution >= 4 is 41.7 Å². The maximum Gasteiger partial charge on any atom is 0.193 e. The first-order chi connectivity index (χ1) is 12.7. The Morgan fingerprint density at radius 3 is 2.59 bits per heavy atom. The van der Waals surface area contributed by atoms with E-state index in [2.05, 4.69) is 38.8 Å². The number of piperidine rings is 1. The zero-order valence-corrected chi connectivity index (χ0v) is 20.4. The third-order valence-corrected chi connectivity index (χ3v) is 7.64. The molecule has 7 heteroatoms. The molecule has 3 aliphatic rings. The largest absolute Gasteiger partial charge is 0.381 e. The zero-order valence-electron chi connectivity index (χ0n) is 17.3. The van der Waals surface area contributed by atoms with E-state index in [1.807, 2.05) is 7.05 Å². The van der Waals surface area contributed by atoms with Crippen molar-refractivity contribution in [2.24, 2.45) is 10.9 Å². The molecular formula is C20H39IN4OS. The van der Waals surface area contributed by atoms with Crippen LogP contribution >= 0.6 is 35.7 Å². The van der Waals surface area contributed by atoms with Crippen LogP contribution in [0.15, 0.2) is 4.99 Å². The predicted octanol–water partition coefficient (Wildman–Crippen LogP) is 3.29. The van der Waals surface area contributed by atoms with Crippen molar-refractivity contribution in [3.63, 3.8) is 0 Å². The van der Waals surface area contributed by atoms with Crippen molar-refractivity contribution in [1.82, 2.24) is 15.1 Å². The highest BCUT2D eigenvalue weighted by Crippen LogP contribution is 2.35. The molecule has 0 aromatic heterocycles. The lowest BCUT2D eigenvalue weighted by Gasteiger charge is -2.37. The van der Waals surface area contributed by atoms with Gasteiger partial charge in [0.2, 0.25) is 0 Å². The molecule has 1 unspecified atom stereocenters. The van der Waals surface area contributed by atoms with Crippen LogP contribution in [0.25, 0.3) is 0 Å². The number of ether oxygens (including phenoxy) is 1. The van der Waals surface area contributed by atoms with E-state index >= 15 is 0 Å². The van der Waals surface area contributed by atoms with Crippen molar-refractivity contribution in [3.05, 3.63) is 0 Å². The second kappa shape index (κ2) is 12.1. The maximum absolute atomic E-state index is 5.60.